The summed E-state index contributed by atoms with van der Waals surface area (Å²) in [6.45, 7) is 7.22. The van der Waals surface area contributed by atoms with Gasteiger partial charge in [-0.15, -0.1) is 0 Å². The maximum absolute atomic E-state index is 12.3. The van der Waals surface area contributed by atoms with E-state index in [2.05, 4.69) is 16.8 Å². The van der Waals surface area contributed by atoms with Gasteiger partial charge in [0.2, 0.25) is 0 Å². The zero-order chi connectivity index (χ0) is 13.9. The Balaban J connectivity index is 1.62. The highest BCUT2D eigenvalue weighted by Crippen LogP contribution is 2.20. The minimum Gasteiger partial charge on any atom is -0.337 e. The molecule has 2 saturated heterocycles. The molecule has 0 aromatic carbocycles. The van der Waals surface area contributed by atoms with Crippen LogP contribution in [-0.4, -0.2) is 46.9 Å². The van der Waals surface area contributed by atoms with Crippen molar-refractivity contribution < 1.29 is 4.79 Å². The van der Waals surface area contributed by atoms with E-state index in [9.17, 15) is 4.79 Å². The Bertz CT molecular complexity index is 476. The quantitative estimate of drug-likeness (QED) is 0.843. The molecule has 4 nitrogen and oxygen atoms in total. The molecule has 20 heavy (non-hydrogen) atoms. The first kappa shape index (κ1) is 13.6. The highest BCUT2D eigenvalue weighted by Gasteiger charge is 2.25. The topological polar surface area (TPSA) is 36.4 Å². The van der Waals surface area contributed by atoms with Crippen LogP contribution in [0.2, 0.25) is 0 Å². The van der Waals surface area contributed by atoms with E-state index < -0.39 is 0 Å². The molecule has 0 bridgehead atoms. The van der Waals surface area contributed by atoms with Crippen LogP contribution in [0, 0.1) is 5.92 Å². The number of nitrogens with zero attached hydrogens (tertiary/aromatic N) is 3. The SMILES string of the molecule is CCC1CN(Cc2cccc(C(=O)N3CCCC3)n2)C1. The maximum atomic E-state index is 12.3. The van der Waals surface area contributed by atoms with Crippen LogP contribution >= 0.6 is 0 Å². The van der Waals surface area contributed by atoms with E-state index in [0.717, 1.165) is 44.1 Å². The third kappa shape index (κ3) is 2.85. The first-order valence-electron chi connectivity index (χ1n) is 7.74. The third-order valence-corrected chi connectivity index (χ3v) is 4.41. The van der Waals surface area contributed by atoms with Gasteiger partial charge in [0.15, 0.2) is 0 Å². The predicted molar refractivity (Wildman–Crippen MR) is 78.4 cm³/mol. The van der Waals surface area contributed by atoms with Gasteiger partial charge in [-0.05, 0) is 30.9 Å². The van der Waals surface area contributed by atoms with Crippen LogP contribution < -0.4 is 0 Å². The summed E-state index contributed by atoms with van der Waals surface area (Å²) in [7, 11) is 0. The van der Waals surface area contributed by atoms with Gasteiger partial charge in [0, 0.05) is 32.7 Å². The maximum Gasteiger partial charge on any atom is 0.272 e. The summed E-state index contributed by atoms with van der Waals surface area (Å²) in [6.07, 6.45) is 3.51. The lowest BCUT2D eigenvalue weighted by Gasteiger charge is -2.38. The standard InChI is InChI=1S/C16H23N3O/c1-2-13-10-18(11-13)12-14-6-5-7-15(17-14)16(20)19-8-3-4-9-19/h5-7,13H,2-4,8-12H2,1H3. The number of pyridine rings is 1. The van der Waals surface area contributed by atoms with E-state index in [1.54, 1.807) is 0 Å². The molecule has 0 radical (unpaired) electrons. The summed E-state index contributed by atoms with van der Waals surface area (Å²) >= 11 is 0. The Morgan fingerprint density at radius 2 is 2.05 bits per heavy atom. The molecule has 4 heteroatoms. The summed E-state index contributed by atoms with van der Waals surface area (Å²) in [5.74, 6) is 0.948. The van der Waals surface area contributed by atoms with Crippen molar-refractivity contribution in [3.05, 3.63) is 29.6 Å². The lowest BCUT2D eigenvalue weighted by molar-refractivity contribution is 0.0781. The molecule has 0 saturated carbocycles. The number of amides is 1. The van der Waals surface area contributed by atoms with Crippen molar-refractivity contribution in [1.29, 1.82) is 0 Å². The van der Waals surface area contributed by atoms with Crippen LogP contribution in [0.1, 0.15) is 42.4 Å². The molecule has 3 rings (SSSR count). The summed E-state index contributed by atoms with van der Waals surface area (Å²) < 4.78 is 0. The number of hydrogen-bond acceptors (Lipinski definition) is 3. The van der Waals surface area contributed by atoms with Gasteiger partial charge in [-0.25, -0.2) is 4.98 Å². The van der Waals surface area contributed by atoms with Crippen molar-refractivity contribution in [1.82, 2.24) is 14.8 Å². The average molecular weight is 273 g/mol. The van der Waals surface area contributed by atoms with Gasteiger partial charge in [-0.1, -0.05) is 19.4 Å². The zero-order valence-corrected chi connectivity index (χ0v) is 12.2. The molecule has 1 aromatic heterocycles. The number of likely N-dealkylation sites (tertiary alicyclic amines) is 2. The zero-order valence-electron chi connectivity index (χ0n) is 12.2. The molecular weight excluding hydrogens is 250 g/mol. The van der Waals surface area contributed by atoms with Gasteiger partial charge in [0.1, 0.15) is 5.69 Å². The minimum atomic E-state index is 0.0967. The van der Waals surface area contributed by atoms with E-state index in [-0.39, 0.29) is 5.91 Å². The van der Waals surface area contributed by atoms with Crippen molar-refractivity contribution >= 4 is 5.91 Å². The second kappa shape index (κ2) is 5.92. The lowest BCUT2D eigenvalue weighted by atomic mass is 9.97. The Kier molecular flexibility index (Phi) is 4.01. The molecular formula is C16H23N3O. The van der Waals surface area contributed by atoms with Gasteiger partial charge >= 0.3 is 0 Å². The van der Waals surface area contributed by atoms with Crippen molar-refractivity contribution in [2.45, 2.75) is 32.7 Å². The number of carbonyl (C=O) groups excluding carboxylic acids is 1. The lowest BCUT2D eigenvalue weighted by Crippen LogP contribution is -2.45. The molecule has 2 aliphatic rings. The van der Waals surface area contributed by atoms with E-state index >= 15 is 0 Å². The normalized spacial score (nSPS) is 20.1. The van der Waals surface area contributed by atoms with Gasteiger partial charge in [-0.3, -0.25) is 9.69 Å². The van der Waals surface area contributed by atoms with E-state index in [1.165, 1.54) is 19.5 Å². The number of aromatic nitrogens is 1. The molecule has 0 aliphatic carbocycles. The molecule has 0 spiro atoms. The van der Waals surface area contributed by atoms with Crippen LogP contribution in [0.25, 0.3) is 0 Å². The smallest absolute Gasteiger partial charge is 0.272 e. The molecule has 1 amide bonds. The van der Waals surface area contributed by atoms with E-state index in [4.69, 9.17) is 0 Å². The van der Waals surface area contributed by atoms with Crippen molar-refractivity contribution in [2.75, 3.05) is 26.2 Å². The number of carbonyl (C=O) groups is 1. The Labute approximate surface area is 120 Å². The summed E-state index contributed by atoms with van der Waals surface area (Å²) in [5, 5.41) is 0. The first-order chi connectivity index (χ1) is 9.76. The van der Waals surface area contributed by atoms with Gasteiger partial charge in [-0.2, -0.15) is 0 Å². The molecule has 0 atom stereocenters. The fourth-order valence-electron chi connectivity index (χ4n) is 3.06. The van der Waals surface area contributed by atoms with Crippen molar-refractivity contribution in [2.24, 2.45) is 5.92 Å². The van der Waals surface area contributed by atoms with Crippen molar-refractivity contribution in [3.8, 4) is 0 Å². The first-order valence-corrected chi connectivity index (χ1v) is 7.74. The molecule has 0 unspecified atom stereocenters. The monoisotopic (exact) mass is 273 g/mol. The summed E-state index contributed by atoms with van der Waals surface area (Å²) in [5.41, 5.74) is 1.63. The van der Waals surface area contributed by atoms with Gasteiger partial charge in [0.25, 0.3) is 5.91 Å². The van der Waals surface area contributed by atoms with Gasteiger partial charge < -0.3 is 4.90 Å². The Morgan fingerprint density at radius 3 is 2.75 bits per heavy atom. The fraction of sp³-hybridized carbons (Fsp3) is 0.625. The van der Waals surface area contributed by atoms with E-state index in [1.807, 2.05) is 23.1 Å². The van der Waals surface area contributed by atoms with Crippen LogP contribution in [0.15, 0.2) is 18.2 Å². The van der Waals surface area contributed by atoms with Crippen LogP contribution in [0.4, 0.5) is 0 Å². The fourth-order valence-corrected chi connectivity index (χ4v) is 3.06. The van der Waals surface area contributed by atoms with Crippen LogP contribution in [0.5, 0.6) is 0 Å². The summed E-state index contributed by atoms with van der Waals surface area (Å²) in [4.78, 5) is 21.2. The minimum absolute atomic E-state index is 0.0967. The number of rotatable bonds is 4. The molecule has 1 aromatic rings. The van der Waals surface area contributed by atoms with Crippen LogP contribution in [0.3, 0.4) is 0 Å². The van der Waals surface area contributed by atoms with Crippen molar-refractivity contribution in [3.63, 3.8) is 0 Å². The Hall–Kier alpha value is -1.42. The molecule has 2 aliphatic heterocycles. The molecule has 2 fully saturated rings. The highest BCUT2D eigenvalue weighted by atomic mass is 16.2. The van der Waals surface area contributed by atoms with E-state index in [0.29, 0.717) is 5.69 Å². The Morgan fingerprint density at radius 1 is 1.30 bits per heavy atom. The average Bonchev–Trinajstić information content (AvgIpc) is 2.96. The highest BCUT2D eigenvalue weighted by molar-refractivity contribution is 5.92. The largest absolute Gasteiger partial charge is 0.337 e. The molecule has 3 heterocycles. The molecule has 0 N–H and O–H groups in total. The second-order valence-electron chi connectivity index (χ2n) is 5.98. The summed E-state index contributed by atoms with van der Waals surface area (Å²) in [6, 6.07) is 5.83. The van der Waals surface area contributed by atoms with Crippen LogP contribution in [-0.2, 0) is 6.54 Å². The van der Waals surface area contributed by atoms with Gasteiger partial charge in [0.05, 0.1) is 5.69 Å². The predicted octanol–water partition coefficient (Wildman–Crippen LogP) is 2.16. The molecule has 108 valence electrons. The second-order valence-corrected chi connectivity index (χ2v) is 5.98. The third-order valence-electron chi connectivity index (χ3n) is 4.41. The number of hydrogen-bond donors (Lipinski definition) is 0.